The van der Waals surface area contributed by atoms with Crippen molar-refractivity contribution >= 4 is 39.7 Å². The third-order valence-corrected chi connectivity index (χ3v) is 9.91. The van der Waals surface area contributed by atoms with Gasteiger partial charge < -0.3 is 15.6 Å². The average molecular weight is 482 g/mol. The molecule has 4 bridgehead atoms. The van der Waals surface area contributed by atoms with Gasteiger partial charge in [0.05, 0.1) is 11.2 Å². The van der Waals surface area contributed by atoms with E-state index in [1.807, 2.05) is 18.2 Å². The molecule has 2 aromatic rings. The predicted octanol–water partition coefficient (Wildman–Crippen LogP) is 2.55. The topological polar surface area (TPSA) is 128 Å². The lowest BCUT2D eigenvalue weighted by molar-refractivity contribution is -0.148. The van der Waals surface area contributed by atoms with Gasteiger partial charge in [-0.1, -0.05) is 18.2 Å². The van der Waals surface area contributed by atoms with Crippen molar-refractivity contribution in [1.82, 2.24) is 10.3 Å². The number of primary amides is 1. The molecule has 0 saturated heterocycles. The van der Waals surface area contributed by atoms with E-state index in [-0.39, 0.29) is 29.7 Å². The maximum atomic E-state index is 13.9. The largest absolute Gasteiger partial charge is 0.755 e. The molecule has 0 aliphatic heterocycles. The van der Waals surface area contributed by atoms with E-state index >= 15 is 0 Å². The summed E-state index contributed by atoms with van der Waals surface area (Å²) in [5, 5.41) is 4.11. The van der Waals surface area contributed by atoms with Gasteiger partial charge in [0.15, 0.2) is 0 Å². The second-order valence-electron chi connectivity index (χ2n) is 10.9. The van der Waals surface area contributed by atoms with Crippen molar-refractivity contribution in [3.8, 4) is 0 Å². The normalized spacial score (nSPS) is 33.8. The highest BCUT2D eigenvalue weighted by atomic mass is 32.2. The smallest absolute Gasteiger partial charge is 0.247 e. The summed E-state index contributed by atoms with van der Waals surface area (Å²) in [6.45, 7) is 0. The average Bonchev–Trinajstić information content (AvgIpc) is 2.77. The number of amides is 2. The van der Waals surface area contributed by atoms with Crippen LogP contribution < -0.4 is 15.4 Å². The molecule has 3 atom stereocenters. The van der Waals surface area contributed by atoms with E-state index < -0.39 is 22.2 Å². The Bertz CT molecular complexity index is 1180. The fourth-order valence-corrected chi connectivity index (χ4v) is 8.45. The Hall–Kier alpha value is -2.52. The highest BCUT2D eigenvalue weighted by Gasteiger charge is 2.59. The Morgan fingerprint density at radius 2 is 1.82 bits per heavy atom. The van der Waals surface area contributed by atoms with Crippen LogP contribution in [0, 0.1) is 23.2 Å². The predicted molar refractivity (Wildman–Crippen MR) is 127 cm³/mol. The van der Waals surface area contributed by atoms with Gasteiger partial charge in [-0.2, -0.15) is 0 Å². The molecule has 0 radical (unpaired) electrons. The number of benzene rings is 1. The van der Waals surface area contributed by atoms with E-state index in [2.05, 4.69) is 10.3 Å². The monoisotopic (exact) mass is 481 g/mol. The van der Waals surface area contributed by atoms with Crippen molar-refractivity contribution in [3.05, 3.63) is 36.5 Å². The zero-order valence-electron chi connectivity index (χ0n) is 18.9. The van der Waals surface area contributed by atoms with Crippen LogP contribution in [0.1, 0.15) is 51.4 Å². The van der Waals surface area contributed by atoms with Gasteiger partial charge in [0.2, 0.25) is 11.8 Å². The van der Waals surface area contributed by atoms with E-state index in [0.717, 1.165) is 43.9 Å². The van der Waals surface area contributed by atoms with Crippen LogP contribution in [0.25, 0.3) is 10.9 Å². The molecular formula is C25H29N4O4S-. The lowest BCUT2D eigenvalue weighted by atomic mass is 9.47. The zero-order valence-corrected chi connectivity index (χ0v) is 19.8. The second-order valence-corrected chi connectivity index (χ2v) is 11.7. The molecule has 0 spiro atoms. The summed E-state index contributed by atoms with van der Waals surface area (Å²) in [7, 11) is 0. The van der Waals surface area contributed by atoms with Crippen LogP contribution in [0.4, 0.5) is 5.69 Å². The van der Waals surface area contributed by atoms with Crippen molar-refractivity contribution in [2.45, 2.75) is 62.9 Å². The van der Waals surface area contributed by atoms with Crippen molar-refractivity contribution < 1.29 is 18.4 Å². The van der Waals surface area contributed by atoms with Gasteiger partial charge >= 0.3 is 0 Å². The molecule has 3 unspecified atom stereocenters. The summed E-state index contributed by atoms with van der Waals surface area (Å²) in [5.74, 6) is 0.476. The summed E-state index contributed by atoms with van der Waals surface area (Å²) >= 11 is -2.65. The molecule has 180 valence electrons. The molecule has 5 aliphatic carbocycles. The molecule has 9 heteroatoms. The molecule has 1 heterocycles. The molecule has 2 amide bonds. The van der Waals surface area contributed by atoms with Crippen molar-refractivity contribution in [1.29, 1.82) is 0 Å². The third kappa shape index (κ3) is 3.12. The van der Waals surface area contributed by atoms with Gasteiger partial charge in [-0.3, -0.25) is 23.1 Å². The van der Waals surface area contributed by atoms with Crippen LogP contribution in [0.15, 0.2) is 36.5 Å². The number of para-hydroxylation sites is 1. The van der Waals surface area contributed by atoms with E-state index in [1.165, 1.54) is 4.31 Å². The number of nitrogens with zero attached hydrogens (tertiary/aromatic N) is 2. The highest BCUT2D eigenvalue weighted by molar-refractivity contribution is 7.80. The summed E-state index contributed by atoms with van der Waals surface area (Å²) in [6, 6.07) is 9.05. The number of anilines is 1. The maximum Gasteiger partial charge on any atom is 0.247 e. The standard InChI is InChI=1S/C25H30N4O4S/c26-22(30)24-12-15-10-17(13-24)20(18(11-15)14-24)28-23(31)25(7-3-8-25)29(34(32)33)19-6-1-4-16-5-2-9-27-21(16)19/h1-2,4-6,9,15,17-18,20H,3,7-8,10-14H2,(H2,26,30)(H,28,31)(H,32,33)/p-1. The molecule has 34 heavy (non-hydrogen) atoms. The molecule has 5 saturated carbocycles. The number of rotatable bonds is 6. The minimum Gasteiger partial charge on any atom is -0.755 e. The number of carbonyl (C=O) groups excluding carboxylic acids is 2. The Kier molecular flexibility index (Phi) is 5.01. The van der Waals surface area contributed by atoms with Crippen LogP contribution in [-0.2, 0) is 20.9 Å². The number of carbonyl (C=O) groups is 2. The Morgan fingerprint density at radius 3 is 2.44 bits per heavy atom. The Balaban J connectivity index is 1.32. The minimum atomic E-state index is -2.65. The van der Waals surface area contributed by atoms with Crippen LogP contribution >= 0.6 is 0 Å². The number of nitrogens with one attached hydrogen (secondary N) is 1. The van der Waals surface area contributed by atoms with E-state index in [1.54, 1.807) is 18.3 Å². The van der Waals surface area contributed by atoms with Gasteiger partial charge in [-0.15, -0.1) is 0 Å². The zero-order chi connectivity index (χ0) is 23.7. The van der Waals surface area contributed by atoms with E-state index in [0.29, 0.717) is 30.0 Å². The summed E-state index contributed by atoms with van der Waals surface area (Å²) in [5.41, 5.74) is 5.22. The fraction of sp³-hybridized carbons (Fsp3) is 0.560. The highest BCUT2D eigenvalue weighted by Crippen LogP contribution is 2.60. The van der Waals surface area contributed by atoms with Gasteiger partial charge in [-0.25, -0.2) is 0 Å². The minimum absolute atomic E-state index is 0.0402. The molecule has 3 N–H and O–H groups in total. The molecule has 7 rings (SSSR count). The van der Waals surface area contributed by atoms with Gasteiger partial charge in [0.25, 0.3) is 0 Å². The Labute approximate surface area is 201 Å². The number of fused-ring (bicyclic) bond motifs is 1. The number of nitrogens with two attached hydrogens (primary N) is 1. The first kappa shape index (κ1) is 22.0. The SMILES string of the molecule is NC(=O)C12CC3CC(C1)C(NC(=O)C1(N(c4cccc5cccnc45)S(=O)[O-])CCC1)C(C3)C2. The van der Waals surface area contributed by atoms with Gasteiger partial charge in [0, 0.05) is 34.3 Å². The number of hydrogen-bond acceptors (Lipinski definition) is 5. The van der Waals surface area contributed by atoms with Gasteiger partial charge in [-0.05, 0) is 81.3 Å². The van der Waals surface area contributed by atoms with Crippen molar-refractivity contribution in [2.75, 3.05) is 4.31 Å². The van der Waals surface area contributed by atoms with E-state index in [4.69, 9.17) is 5.73 Å². The van der Waals surface area contributed by atoms with E-state index in [9.17, 15) is 18.4 Å². The van der Waals surface area contributed by atoms with Crippen molar-refractivity contribution in [2.24, 2.45) is 28.9 Å². The fourth-order valence-electron chi connectivity index (χ4n) is 7.59. The first-order chi connectivity index (χ1) is 16.3. The lowest BCUT2D eigenvalue weighted by Crippen LogP contribution is -2.68. The van der Waals surface area contributed by atoms with Crippen LogP contribution in [-0.4, -0.2) is 37.1 Å². The van der Waals surface area contributed by atoms with Crippen LogP contribution in [0.3, 0.4) is 0 Å². The molecule has 5 fully saturated rings. The summed E-state index contributed by atoms with van der Waals surface area (Å²) in [6.07, 6.45) is 7.64. The number of aromatic nitrogens is 1. The molecule has 1 aromatic carbocycles. The lowest BCUT2D eigenvalue weighted by Gasteiger charge is -2.59. The maximum absolute atomic E-state index is 13.9. The number of pyridine rings is 1. The molecule has 8 nitrogen and oxygen atoms in total. The van der Waals surface area contributed by atoms with Gasteiger partial charge in [0.1, 0.15) is 5.54 Å². The Morgan fingerprint density at radius 1 is 1.12 bits per heavy atom. The first-order valence-electron chi connectivity index (χ1n) is 12.2. The van der Waals surface area contributed by atoms with Crippen LogP contribution in [0.5, 0.6) is 0 Å². The third-order valence-electron chi connectivity index (χ3n) is 9.07. The van der Waals surface area contributed by atoms with Crippen molar-refractivity contribution in [3.63, 3.8) is 0 Å². The molecular weight excluding hydrogens is 452 g/mol. The summed E-state index contributed by atoms with van der Waals surface area (Å²) in [4.78, 5) is 30.6. The molecule has 5 aliphatic rings. The number of hydrogen-bond donors (Lipinski definition) is 2. The first-order valence-corrected chi connectivity index (χ1v) is 13.2. The summed E-state index contributed by atoms with van der Waals surface area (Å²) < 4.78 is 26.5. The quantitative estimate of drug-likeness (QED) is 0.613. The molecule has 1 aromatic heterocycles. The van der Waals surface area contributed by atoms with Crippen LogP contribution in [0.2, 0.25) is 0 Å². The second kappa shape index (κ2) is 7.75.